The van der Waals surface area contributed by atoms with Crippen LogP contribution in [0.1, 0.15) is 51.1 Å². The van der Waals surface area contributed by atoms with Gasteiger partial charge in [-0.1, -0.05) is 25.5 Å². The quantitative estimate of drug-likeness (QED) is 0.896. The molecule has 0 amide bonds. The Morgan fingerprint density at radius 1 is 1.30 bits per heavy atom. The van der Waals surface area contributed by atoms with E-state index in [2.05, 4.69) is 30.9 Å². The summed E-state index contributed by atoms with van der Waals surface area (Å²) < 4.78 is 5.25. The third-order valence-electron chi connectivity index (χ3n) is 4.46. The van der Waals surface area contributed by atoms with Crippen molar-refractivity contribution in [3.63, 3.8) is 0 Å². The molecule has 1 aromatic carbocycles. The standard InChI is InChI=1S/C17H28N2O/c1-4-15-7-5-6-12-19(15)17(13(2)18)14-8-10-16(20-3)11-9-14/h8-11,13,15,17H,4-7,12,18H2,1-3H3. The summed E-state index contributed by atoms with van der Waals surface area (Å²) in [6, 6.07) is 9.51. The smallest absolute Gasteiger partial charge is 0.118 e. The molecule has 112 valence electrons. The van der Waals surface area contributed by atoms with E-state index in [0.29, 0.717) is 12.1 Å². The zero-order chi connectivity index (χ0) is 14.5. The Balaban J connectivity index is 2.24. The number of methoxy groups -OCH3 is 1. The van der Waals surface area contributed by atoms with Crippen molar-refractivity contribution in [1.29, 1.82) is 0 Å². The van der Waals surface area contributed by atoms with Gasteiger partial charge >= 0.3 is 0 Å². The van der Waals surface area contributed by atoms with E-state index in [4.69, 9.17) is 10.5 Å². The van der Waals surface area contributed by atoms with Crippen LogP contribution in [0.25, 0.3) is 0 Å². The summed E-state index contributed by atoms with van der Waals surface area (Å²) in [5, 5.41) is 0. The van der Waals surface area contributed by atoms with Crippen LogP contribution in [0.15, 0.2) is 24.3 Å². The SMILES string of the molecule is CCC1CCCCN1C(c1ccc(OC)cc1)C(C)N. The van der Waals surface area contributed by atoms with Gasteiger partial charge < -0.3 is 10.5 Å². The molecule has 0 radical (unpaired) electrons. The largest absolute Gasteiger partial charge is 0.497 e. The van der Waals surface area contributed by atoms with Gasteiger partial charge in [0.1, 0.15) is 5.75 Å². The topological polar surface area (TPSA) is 38.5 Å². The molecule has 0 aromatic heterocycles. The number of likely N-dealkylation sites (tertiary alicyclic amines) is 1. The molecule has 2 rings (SSSR count). The number of hydrogen-bond donors (Lipinski definition) is 1. The summed E-state index contributed by atoms with van der Waals surface area (Å²) in [4.78, 5) is 2.62. The first-order chi connectivity index (χ1) is 9.67. The third-order valence-corrected chi connectivity index (χ3v) is 4.46. The Morgan fingerprint density at radius 3 is 2.55 bits per heavy atom. The molecule has 1 saturated heterocycles. The van der Waals surface area contributed by atoms with Gasteiger partial charge in [0.25, 0.3) is 0 Å². The van der Waals surface area contributed by atoms with Gasteiger partial charge in [-0.25, -0.2) is 0 Å². The monoisotopic (exact) mass is 276 g/mol. The summed E-state index contributed by atoms with van der Waals surface area (Å²) >= 11 is 0. The molecule has 1 fully saturated rings. The van der Waals surface area contributed by atoms with Gasteiger partial charge in [0.15, 0.2) is 0 Å². The summed E-state index contributed by atoms with van der Waals surface area (Å²) in [7, 11) is 1.70. The second-order valence-corrected chi connectivity index (χ2v) is 5.87. The van der Waals surface area contributed by atoms with Gasteiger partial charge in [0, 0.05) is 18.1 Å². The molecule has 3 heteroatoms. The van der Waals surface area contributed by atoms with Gasteiger partial charge in [-0.15, -0.1) is 0 Å². The maximum Gasteiger partial charge on any atom is 0.118 e. The van der Waals surface area contributed by atoms with Crippen LogP contribution in [0.5, 0.6) is 5.75 Å². The van der Waals surface area contributed by atoms with Crippen LogP contribution in [-0.4, -0.2) is 30.6 Å². The minimum atomic E-state index is 0.135. The minimum absolute atomic E-state index is 0.135. The first-order valence-corrected chi connectivity index (χ1v) is 7.82. The Bertz CT molecular complexity index is 402. The predicted octanol–water partition coefficient (Wildman–Crippen LogP) is 3.35. The lowest BCUT2D eigenvalue weighted by molar-refractivity contribution is 0.0797. The molecule has 1 aromatic rings. The summed E-state index contributed by atoms with van der Waals surface area (Å²) in [6.07, 6.45) is 5.15. The molecular formula is C17H28N2O. The van der Waals surface area contributed by atoms with Crippen molar-refractivity contribution in [2.75, 3.05) is 13.7 Å². The Morgan fingerprint density at radius 2 is 2.00 bits per heavy atom. The fourth-order valence-electron chi connectivity index (χ4n) is 3.43. The van der Waals surface area contributed by atoms with E-state index in [9.17, 15) is 0 Å². The number of rotatable bonds is 5. The first-order valence-electron chi connectivity index (χ1n) is 7.82. The van der Waals surface area contributed by atoms with E-state index in [0.717, 1.165) is 12.3 Å². The third kappa shape index (κ3) is 3.33. The van der Waals surface area contributed by atoms with Crippen LogP contribution in [-0.2, 0) is 0 Å². The van der Waals surface area contributed by atoms with Crippen molar-refractivity contribution in [3.8, 4) is 5.75 Å². The highest BCUT2D eigenvalue weighted by atomic mass is 16.5. The molecule has 1 aliphatic rings. The van der Waals surface area contributed by atoms with Gasteiger partial charge in [0.2, 0.25) is 0 Å². The number of ether oxygens (including phenoxy) is 1. The zero-order valence-corrected chi connectivity index (χ0v) is 13.0. The van der Waals surface area contributed by atoms with Gasteiger partial charge in [-0.05, 0) is 50.4 Å². The van der Waals surface area contributed by atoms with Crippen LogP contribution in [0.2, 0.25) is 0 Å². The maximum absolute atomic E-state index is 6.31. The molecule has 3 unspecified atom stereocenters. The molecule has 0 bridgehead atoms. The number of hydrogen-bond acceptors (Lipinski definition) is 3. The number of nitrogens with zero attached hydrogens (tertiary/aromatic N) is 1. The van der Waals surface area contributed by atoms with Crippen LogP contribution >= 0.6 is 0 Å². The Labute approximate surface area is 123 Å². The summed E-state index contributed by atoms with van der Waals surface area (Å²) in [5.74, 6) is 0.905. The molecule has 0 aliphatic carbocycles. The van der Waals surface area contributed by atoms with Crippen LogP contribution < -0.4 is 10.5 Å². The predicted molar refractivity (Wildman–Crippen MR) is 84.0 cm³/mol. The highest BCUT2D eigenvalue weighted by molar-refractivity contribution is 5.30. The molecular weight excluding hydrogens is 248 g/mol. The second-order valence-electron chi connectivity index (χ2n) is 5.87. The van der Waals surface area contributed by atoms with Crippen molar-refractivity contribution in [2.45, 2.75) is 57.7 Å². The normalized spacial score (nSPS) is 23.3. The molecule has 20 heavy (non-hydrogen) atoms. The van der Waals surface area contributed by atoms with E-state index in [1.165, 1.54) is 31.2 Å². The van der Waals surface area contributed by atoms with Crippen LogP contribution in [0.4, 0.5) is 0 Å². The van der Waals surface area contributed by atoms with Gasteiger partial charge in [0.05, 0.1) is 7.11 Å². The summed E-state index contributed by atoms with van der Waals surface area (Å²) in [6.45, 7) is 5.57. The zero-order valence-electron chi connectivity index (χ0n) is 13.0. The van der Waals surface area contributed by atoms with E-state index >= 15 is 0 Å². The molecule has 1 heterocycles. The Hall–Kier alpha value is -1.06. The van der Waals surface area contributed by atoms with Crippen molar-refractivity contribution >= 4 is 0 Å². The van der Waals surface area contributed by atoms with E-state index < -0.39 is 0 Å². The van der Waals surface area contributed by atoms with Gasteiger partial charge in [-0.3, -0.25) is 4.90 Å². The van der Waals surface area contributed by atoms with Gasteiger partial charge in [-0.2, -0.15) is 0 Å². The molecule has 2 N–H and O–H groups in total. The average Bonchev–Trinajstić information content (AvgIpc) is 2.48. The minimum Gasteiger partial charge on any atom is -0.497 e. The first kappa shape index (κ1) is 15.3. The highest BCUT2D eigenvalue weighted by Gasteiger charge is 2.30. The Kier molecular flexibility index (Phi) is 5.44. The number of benzene rings is 1. The lowest BCUT2D eigenvalue weighted by Gasteiger charge is -2.43. The fraction of sp³-hybridized carbons (Fsp3) is 0.647. The van der Waals surface area contributed by atoms with E-state index in [1.54, 1.807) is 7.11 Å². The molecule has 0 saturated carbocycles. The molecule has 1 aliphatic heterocycles. The van der Waals surface area contributed by atoms with Crippen molar-refractivity contribution < 1.29 is 4.74 Å². The number of nitrogens with two attached hydrogens (primary N) is 1. The van der Waals surface area contributed by atoms with Crippen LogP contribution in [0.3, 0.4) is 0 Å². The summed E-state index contributed by atoms with van der Waals surface area (Å²) in [5.41, 5.74) is 7.62. The van der Waals surface area contributed by atoms with Crippen LogP contribution in [0, 0.1) is 0 Å². The number of piperidine rings is 1. The highest BCUT2D eigenvalue weighted by Crippen LogP contribution is 2.32. The molecule has 0 spiro atoms. The second kappa shape index (κ2) is 7.09. The molecule has 3 nitrogen and oxygen atoms in total. The van der Waals surface area contributed by atoms with E-state index in [-0.39, 0.29) is 6.04 Å². The lowest BCUT2D eigenvalue weighted by Crippen LogP contribution is -2.47. The molecule has 3 atom stereocenters. The van der Waals surface area contributed by atoms with Crippen molar-refractivity contribution in [3.05, 3.63) is 29.8 Å². The van der Waals surface area contributed by atoms with E-state index in [1.807, 2.05) is 12.1 Å². The van der Waals surface area contributed by atoms with Crippen molar-refractivity contribution in [2.24, 2.45) is 5.73 Å². The maximum atomic E-state index is 6.31. The van der Waals surface area contributed by atoms with Crippen molar-refractivity contribution in [1.82, 2.24) is 4.90 Å². The fourth-order valence-corrected chi connectivity index (χ4v) is 3.43. The lowest BCUT2D eigenvalue weighted by atomic mass is 9.92. The average molecular weight is 276 g/mol.